The second-order valence-corrected chi connectivity index (χ2v) is 3.37. The van der Waals surface area contributed by atoms with Crippen LogP contribution < -0.4 is 5.32 Å². The first kappa shape index (κ1) is 9.81. The third kappa shape index (κ3) is 1.72. The molecule has 4 heteroatoms. The van der Waals surface area contributed by atoms with E-state index in [1.807, 2.05) is 4.90 Å². The van der Waals surface area contributed by atoms with Crippen molar-refractivity contribution in [3.05, 3.63) is 0 Å². The maximum Gasteiger partial charge on any atom is 0.227 e. The number of hydrogen-bond donors (Lipinski definition) is 1. The van der Waals surface area contributed by atoms with Crippen molar-refractivity contribution in [2.45, 2.75) is 12.8 Å². The molecular formula is C8H15ClN2O. The summed E-state index contributed by atoms with van der Waals surface area (Å²) in [7, 11) is 0. The molecule has 2 fully saturated rings. The van der Waals surface area contributed by atoms with Crippen LogP contribution in [0.25, 0.3) is 0 Å². The van der Waals surface area contributed by atoms with Crippen molar-refractivity contribution in [3.63, 3.8) is 0 Å². The number of likely N-dealkylation sites (tertiary alicyclic amines) is 1. The van der Waals surface area contributed by atoms with Crippen LogP contribution in [0.2, 0.25) is 0 Å². The van der Waals surface area contributed by atoms with E-state index in [1.54, 1.807) is 0 Å². The lowest BCUT2D eigenvalue weighted by molar-refractivity contribution is -0.138. The Kier molecular flexibility index (Phi) is 3.35. The van der Waals surface area contributed by atoms with E-state index in [0.717, 1.165) is 32.6 Å². The normalized spacial score (nSPS) is 27.7. The Hall–Kier alpha value is -0.280. The molecule has 0 aliphatic carbocycles. The molecule has 1 N–H and O–H groups in total. The van der Waals surface area contributed by atoms with Gasteiger partial charge in [-0.15, -0.1) is 12.4 Å². The van der Waals surface area contributed by atoms with E-state index in [4.69, 9.17) is 0 Å². The summed E-state index contributed by atoms with van der Waals surface area (Å²) < 4.78 is 0. The van der Waals surface area contributed by atoms with Crippen LogP contribution in [0.5, 0.6) is 0 Å². The highest BCUT2D eigenvalue weighted by Crippen LogP contribution is 2.15. The fourth-order valence-corrected chi connectivity index (χ4v) is 1.66. The van der Waals surface area contributed by atoms with Gasteiger partial charge in [0.2, 0.25) is 5.91 Å². The molecule has 2 aliphatic rings. The Morgan fingerprint density at radius 3 is 2.58 bits per heavy atom. The van der Waals surface area contributed by atoms with Crippen molar-refractivity contribution in [1.29, 1.82) is 0 Å². The molecule has 2 saturated heterocycles. The summed E-state index contributed by atoms with van der Waals surface area (Å²) in [6.45, 7) is 3.91. The molecule has 0 aromatic rings. The lowest BCUT2D eigenvalue weighted by atomic mass is 10.1. The molecule has 70 valence electrons. The van der Waals surface area contributed by atoms with Gasteiger partial charge in [-0.1, -0.05) is 0 Å². The number of hydrogen-bond acceptors (Lipinski definition) is 2. The van der Waals surface area contributed by atoms with E-state index in [9.17, 15) is 4.79 Å². The highest BCUT2D eigenvalue weighted by atomic mass is 35.5. The van der Waals surface area contributed by atoms with Gasteiger partial charge >= 0.3 is 0 Å². The van der Waals surface area contributed by atoms with Crippen LogP contribution in [-0.4, -0.2) is 37.0 Å². The number of carbonyl (C=O) groups is 1. The highest BCUT2D eigenvalue weighted by Gasteiger charge is 2.29. The van der Waals surface area contributed by atoms with Crippen LogP contribution >= 0.6 is 12.4 Å². The topological polar surface area (TPSA) is 32.3 Å². The molecule has 0 bridgehead atoms. The lowest BCUT2D eigenvalue weighted by Gasteiger charge is -2.32. The summed E-state index contributed by atoms with van der Waals surface area (Å²) in [6, 6.07) is 0. The molecule has 0 aromatic heterocycles. The molecule has 1 amide bonds. The fourth-order valence-electron chi connectivity index (χ4n) is 1.66. The molecule has 0 unspecified atom stereocenters. The number of rotatable bonds is 1. The first-order valence-electron chi connectivity index (χ1n) is 4.37. The SMILES string of the molecule is Cl.O=C([C@@H]1CCNC1)N1CCC1. The maximum atomic E-state index is 11.5. The quantitative estimate of drug-likeness (QED) is 0.643. The third-order valence-corrected chi connectivity index (χ3v) is 2.58. The van der Waals surface area contributed by atoms with Crippen molar-refractivity contribution in [2.24, 2.45) is 5.92 Å². The van der Waals surface area contributed by atoms with Crippen molar-refractivity contribution >= 4 is 18.3 Å². The molecule has 0 saturated carbocycles. The second-order valence-electron chi connectivity index (χ2n) is 3.37. The van der Waals surface area contributed by atoms with Crippen LogP contribution in [0.15, 0.2) is 0 Å². The molecule has 0 radical (unpaired) electrons. The van der Waals surface area contributed by atoms with Gasteiger partial charge in [-0.05, 0) is 19.4 Å². The Balaban J connectivity index is 0.000000720. The smallest absolute Gasteiger partial charge is 0.227 e. The summed E-state index contributed by atoms with van der Waals surface area (Å²) in [5, 5.41) is 3.21. The predicted octanol–water partition coefficient (Wildman–Crippen LogP) is 0.250. The van der Waals surface area contributed by atoms with Crippen molar-refractivity contribution in [1.82, 2.24) is 10.2 Å². The average Bonchev–Trinajstić information content (AvgIpc) is 2.32. The van der Waals surface area contributed by atoms with Gasteiger partial charge in [0.25, 0.3) is 0 Å². The molecule has 12 heavy (non-hydrogen) atoms. The molecule has 3 nitrogen and oxygen atoms in total. The van der Waals surface area contributed by atoms with E-state index in [0.29, 0.717) is 5.91 Å². The monoisotopic (exact) mass is 190 g/mol. The Morgan fingerprint density at radius 2 is 2.17 bits per heavy atom. The van der Waals surface area contributed by atoms with E-state index in [2.05, 4.69) is 5.32 Å². The summed E-state index contributed by atoms with van der Waals surface area (Å²) in [5.74, 6) is 0.663. The van der Waals surface area contributed by atoms with Crippen LogP contribution in [0.4, 0.5) is 0 Å². The molecular weight excluding hydrogens is 176 g/mol. The van der Waals surface area contributed by atoms with Gasteiger partial charge in [0.1, 0.15) is 0 Å². The predicted molar refractivity (Wildman–Crippen MR) is 49.4 cm³/mol. The van der Waals surface area contributed by atoms with E-state index in [-0.39, 0.29) is 18.3 Å². The standard InChI is InChI=1S/C8H14N2O.ClH/c11-8(10-4-1-5-10)7-2-3-9-6-7;/h7,9H,1-6H2;1H/t7-;/m1./s1. The van der Waals surface area contributed by atoms with Crippen molar-refractivity contribution < 1.29 is 4.79 Å². The van der Waals surface area contributed by atoms with Gasteiger partial charge in [-0.25, -0.2) is 0 Å². The van der Waals surface area contributed by atoms with E-state index < -0.39 is 0 Å². The zero-order valence-corrected chi connectivity index (χ0v) is 7.90. The second kappa shape index (κ2) is 4.10. The molecule has 2 heterocycles. The highest BCUT2D eigenvalue weighted by molar-refractivity contribution is 5.85. The molecule has 0 aromatic carbocycles. The molecule has 2 rings (SSSR count). The van der Waals surface area contributed by atoms with Gasteiger partial charge in [0.15, 0.2) is 0 Å². The number of amides is 1. The third-order valence-electron chi connectivity index (χ3n) is 2.58. The van der Waals surface area contributed by atoms with Crippen LogP contribution in [0, 0.1) is 5.92 Å². The summed E-state index contributed by atoms with van der Waals surface area (Å²) in [4.78, 5) is 13.5. The Morgan fingerprint density at radius 1 is 1.42 bits per heavy atom. The van der Waals surface area contributed by atoms with E-state index >= 15 is 0 Å². The largest absolute Gasteiger partial charge is 0.342 e. The summed E-state index contributed by atoms with van der Waals surface area (Å²) in [6.07, 6.45) is 2.24. The Labute approximate surface area is 78.9 Å². The summed E-state index contributed by atoms with van der Waals surface area (Å²) >= 11 is 0. The fraction of sp³-hybridized carbons (Fsp3) is 0.875. The number of carbonyl (C=O) groups excluding carboxylic acids is 1. The van der Waals surface area contributed by atoms with Crippen LogP contribution in [0.1, 0.15) is 12.8 Å². The summed E-state index contributed by atoms with van der Waals surface area (Å²) in [5.41, 5.74) is 0. The number of nitrogens with one attached hydrogen (secondary N) is 1. The zero-order valence-electron chi connectivity index (χ0n) is 7.08. The Bertz CT molecular complexity index is 164. The van der Waals surface area contributed by atoms with E-state index in [1.165, 1.54) is 6.42 Å². The number of nitrogens with zero attached hydrogens (tertiary/aromatic N) is 1. The van der Waals surface area contributed by atoms with Gasteiger partial charge in [-0.3, -0.25) is 4.79 Å². The van der Waals surface area contributed by atoms with Gasteiger partial charge in [-0.2, -0.15) is 0 Å². The minimum Gasteiger partial charge on any atom is -0.342 e. The van der Waals surface area contributed by atoms with Gasteiger partial charge < -0.3 is 10.2 Å². The minimum absolute atomic E-state index is 0. The van der Waals surface area contributed by atoms with Gasteiger partial charge in [0, 0.05) is 19.6 Å². The van der Waals surface area contributed by atoms with Crippen molar-refractivity contribution in [2.75, 3.05) is 26.2 Å². The first-order chi connectivity index (χ1) is 5.38. The van der Waals surface area contributed by atoms with Crippen LogP contribution in [0.3, 0.4) is 0 Å². The average molecular weight is 191 g/mol. The van der Waals surface area contributed by atoms with Gasteiger partial charge in [0.05, 0.1) is 5.92 Å². The molecule has 0 spiro atoms. The zero-order chi connectivity index (χ0) is 7.68. The lowest BCUT2D eigenvalue weighted by Crippen LogP contribution is -2.45. The molecule has 1 atom stereocenters. The minimum atomic E-state index is 0. The van der Waals surface area contributed by atoms with Crippen LogP contribution in [-0.2, 0) is 4.79 Å². The maximum absolute atomic E-state index is 11.5. The van der Waals surface area contributed by atoms with Crippen molar-refractivity contribution in [3.8, 4) is 0 Å². The number of halogens is 1. The first-order valence-corrected chi connectivity index (χ1v) is 4.37. The molecule has 2 aliphatic heterocycles.